The predicted octanol–water partition coefficient (Wildman–Crippen LogP) is 2.67. The van der Waals surface area contributed by atoms with Crippen LogP contribution in [0.25, 0.3) is 0 Å². The van der Waals surface area contributed by atoms with E-state index in [1.54, 1.807) is 12.0 Å². The van der Waals surface area contributed by atoms with Crippen LogP contribution in [0.1, 0.15) is 52.0 Å². The lowest BCUT2D eigenvalue weighted by molar-refractivity contribution is -0.144. The first-order valence-electron chi connectivity index (χ1n) is 12.0. The van der Waals surface area contributed by atoms with Crippen molar-refractivity contribution in [1.82, 2.24) is 15.1 Å². The third-order valence-electron chi connectivity index (χ3n) is 6.45. The van der Waals surface area contributed by atoms with E-state index in [1.807, 2.05) is 57.2 Å². The van der Waals surface area contributed by atoms with Crippen molar-refractivity contribution in [3.05, 3.63) is 42.0 Å². The number of hydrogen-bond acceptors (Lipinski definition) is 5. The fraction of sp³-hybridized carbons (Fsp3) is 0.538. The first kappa shape index (κ1) is 25.5. The van der Waals surface area contributed by atoms with E-state index in [0.717, 1.165) is 5.56 Å². The van der Waals surface area contributed by atoms with Crippen LogP contribution in [0.3, 0.4) is 0 Å². The Morgan fingerprint density at radius 3 is 2.35 bits per heavy atom. The molecule has 0 unspecified atom stereocenters. The van der Waals surface area contributed by atoms with Gasteiger partial charge < -0.3 is 15.0 Å². The molecular formula is C26H35N3O5. The molecular weight excluding hydrogens is 434 g/mol. The lowest BCUT2D eigenvalue weighted by atomic mass is 9.85. The van der Waals surface area contributed by atoms with Gasteiger partial charge in [0.2, 0.25) is 23.6 Å². The number of ether oxygens (including phenoxy) is 1. The zero-order chi connectivity index (χ0) is 24.8. The van der Waals surface area contributed by atoms with E-state index in [9.17, 15) is 19.2 Å². The molecule has 0 radical (unpaired) electrons. The zero-order valence-electron chi connectivity index (χ0n) is 20.5. The molecule has 1 aliphatic carbocycles. The number of amides is 4. The molecule has 1 aromatic rings. The van der Waals surface area contributed by atoms with Crippen LogP contribution in [0.2, 0.25) is 0 Å². The number of hydrogen-bond donors (Lipinski definition) is 1. The number of nitrogens with zero attached hydrogens (tertiary/aromatic N) is 2. The molecule has 0 aromatic heterocycles. The quantitative estimate of drug-likeness (QED) is 0.420. The SMILES string of the molecule is CC[C@@H](C(=O)NC(C)C)N(Cc1cccc(OC)c1)C(=O)CCN1C(=O)[C@H]2CC=CC[C@H]2C1=O. The number of allylic oxidation sites excluding steroid dienone is 2. The van der Waals surface area contributed by atoms with E-state index < -0.39 is 6.04 Å². The average molecular weight is 470 g/mol. The summed E-state index contributed by atoms with van der Waals surface area (Å²) in [5.74, 6) is -0.871. The minimum Gasteiger partial charge on any atom is -0.497 e. The highest BCUT2D eigenvalue weighted by Crippen LogP contribution is 2.35. The lowest BCUT2D eigenvalue weighted by Gasteiger charge is -2.31. The van der Waals surface area contributed by atoms with Crippen LogP contribution >= 0.6 is 0 Å². The summed E-state index contributed by atoms with van der Waals surface area (Å²) in [7, 11) is 1.57. The van der Waals surface area contributed by atoms with Crippen molar-refractivity contribution in [3.63, 3.8) is 0 Å². The Morgan fingerprint density at radius 1 is 1.15 bits per heavy atom. The van der Waals surface area contributed by atoms with Gasteiger partial charge >= 0.3 is 0 Å². The maximum Gasteiger partial charge on any atom is 0.243 e. The second kappa shape index (κ2) is 11.3. The maximum atomic E-state index is 13.4. The van der Waals surface area contributed by atoms with E-state index in [-0.39, 0.29) is 61.0 Å². The summed E-state index contributed by atoms with van der Waals surface area (Å²) >= 11 is 0. The first-order valence-corrected chi connectivity index (χ1v) is 12.0. The summed E-state index contributed by atoms with van der Waals surface area (Å²) in [5, 5.41) is 2.90. The summed E-state index contributed by atoms with van der Waals surface area (Å²) in [6.07, 6.45) is 5.42. The average Bonchev–Trinajstić information content (AvgIpc) is 3.06. The van der Waals surface area contributed by atoms with Gasteiger partial charge in [0.25, 0.3) is 0 Å². The molecule has 0 saturated carbocycles. The highest BCUT2D eigenvalue weighted by molar-refractivity contribution is 6.05. The van der Waals surface area contributed by atoms with Gasteiger partial charge in [0.05, 0.1) is 18.9 Å². The largest absolute Gasteiger partial charge is 0.497 e. The molecule has 8 heteroatoms. The van der Waals surface area contributed by atoms with Crippen molar-refractivity contribution in [2.45, 2.75) is 65.1 Å². The number of benzene rings is 1. The van der Waals surface area contributed by atoms with Gasteiger partial charge in [-0.3, -0.25) is 24.1 Å². The van der Waals surface area contributed by atoms with Crippen molar-refractivity contribution in [3.8, 4) is 5.75 Å². The summed E-state index contributed by atoms with van der Waals surface area (Å²) in [6, 6.07) is 6.63. The Labute approximate surface area is 201 Å². The van der Waals surface area contributed by atoms with E-state index in [0.29, 0.717) is 25.0 Å². The number of likely N-dealkylation sites (tertiary alicyclic amines) is 1. The molecule has 3 rings (SSSR count). The van der Waals surface area contributed by atoms with Crippen molar-refractivity contribution >= 4 is 23.6 Å². The molecule has 1 saturated heterocycles. The van der Waals surface area contributed by atoms with Gasteiger partial charge in [0.15, 0.2) is 0 Å². The number of fused-ring (bicyclic) bond motifs is 1. The summed E-state index contributed by atoms with van der Waals surface area (Å²) in [4.78, 5) is 54.7. The molecule has 4 amide bonds. The molecule has 2 aliphatic rings. The Balaban J connectivity index is 1.77. The second-order valence-electron chi connectivity index (χ2n) is 9.19. The number of carbonyl (C=O) groups is 4. The molecule has 0 spiro atoms. The summed E-state index contributed by atoms with van der Waals surface area (Å²) < 4.78 is 5.30. The van der Waals surface area contributed by atoms with Crippen molar-refractivity contribution in [2.75, 3.05) is 13.7 Å². The maximum absolute atomic E-state index is 13.4. The number of imide groups is 1. The van der Waals surface area contributed by atoms with E-state index in [1.165, 1.54) is 4.90 Å². The van der Waals surface area contributed by atoms with Crippen molar-refractivity contribution < 1.29 is 23.9 Å². The molecule has 3 atom stereocenters. The number of methoxy groups -OCH3 is 1. The highest BCUT2D eigenvalue weighted by Gasteiger charge is 2.47. The second-order valence-corrected chi connectivity index (χ2v) is 9.19. The Hall–Kier alpha value is -3.16. The van der Waals surface area contributed by atoms with Gasteiger partial charge in [0, 0.05) is 25.6 Å². The lowest BCUT2D eigenvalue weighted by Crippen LogP contribution is -2.51. The van der Waals surface area contributed by atoms with E-state index >= 15 is 0 Å². The molecule has 1 aliphatic heterocycles. The minimum absolute atomic E-state index is 0.0280. The smallest absolute Gasteiger partial charge is 0.243 e. The monoisotopic (exact) mass is 469 g/mol. The molecule has 1 fully saturated rings. The Bertz CT molecular complexity index is 932. The van der Waals surface area contributed by atoms with Gasteiger partial charge in [-0.25, -0.2) is 0 Å². The first-order chi connectivity index (χ1) is 16.3. The minimum atomic E-state index is -0.669. The Kier molecular flexibility index (Phi) is 8.47. The van der Waals surface area contributed by atoms with Gasteiger partial charge in [-0.2, -0.15) is 0 Å². The number of rotatable bonds is 10. The number of nitrogens with one attached hydrogen (secondary N) is 1. The third kappa shape index (κ3) is 5.66. The fourth-order valence-electron chi connectivity index (χ4n) is 4.71. The van der Waals surface area contributed by atoms with Gasteiger partial charge in [-0.05, 0) is 50.8 Å². The van der Waals surface area contributed by atoms with Crippen LogP contribution in [0.4, 0.5) is 0 Å². The van der Waals surface area contributed by atoms with Crippen LogP contribution in [0.5, 0.6) is 5.75 Å². The van der Waals surface area contributed by atoms with Gasteiger partial charge in [-0.1, -0.05) is 31.2 Å². The normalized spacial score (nSPS) is 20.3. The van der Waals surface area contributed by atoms with Gasteiger partial charge in [0.1, 0.15) is 11.8 Å². The molecule has 1 aromatic carbocycles. The molecule has 0 bridgehead atoms. The standard InChI is InChI=1S/C26H35N3O5/c1-5-22(24(31)27-17(2)3)29(16-18-9-8-10-19(15-18)34-4)23(30)13-14-28-25(32)20-11-6-7-12-21(20)26(28)33/h6-10,15,17,20-22H,5,11-14,16H2,1-4H3,(H,27,31)/t20-,21+,22-/m0/s1. The Morgan fingerprint density at radius 2 is 1.79 bits per heavy atom. The van der Waals surface area contributed by atoms with E-state index in [4.69, 9.17) is 4.74 Å². The third-order valence-corrected chi connectivity index (χ3v) is 6.45. The number of carbonyl (C=O) groups excluding carboxylic acids is 4. The van der Waals surface area contributed by atoms with Crippen LogP contribution in [0.15, 0.2) is 36.4 Å². The van der Waals surface area contributed by atoms with Crippen LogP contribution in [-0.4, -0.2) is 59.2 Å². The molecule has 8 nitrogen and oxygen atoms in total. The van der Waals surface area contributed by atoms with Gasteiger partial charge in [-0.15, -0.1) is 0 Å². The summed E-state index contributed by atoms with van der Waals surface area (Å²) in [6.45, 7) is 5.86. The predicted molar refractivity (Wildman–Crippen MR) is 128 cm³/mol. The van der Waals surface area contributed by atoms with Crippen LogP contribution in [-0.2, 0) is 25.7 Å². The molecule has 1 heterocycles. The fourth-order valence-corrected chi connectivity index (χ4v) is 4.71. The van der Waals surface area contributed by atoms with Crippen molar-refractivity contribution in [2.24, 2.45) is 11.8 Å². The topological polar surface area (TPSA) is 96.0 Å². The van der Waals surface area contributed by atoms with Crippen LogP contribution < -0.4 is 10.1 Å². The highest BCUT2D eigenvalue weighted by atomic mass is 16.5. The molecule has 184 valence electrons. The zero-order valence-corrected chi connectivity index (χ0v) is 20.5. The van der Waals surface area contributed by atoms with Crippen molar-refractivity contribution in [1.29, 1.82) is 0 Å². The molecule has 34 heavy (non-hydrogen) atoms. The molecule has 1 N–H and O–H groups in total. The summed E-state index contributed by atoms with van der Waals surface area (Å²) in [5.41, 5.74) is 0.828. The van der Waals surface area contributed by atoms with Crippen LogP contribution in [0, 0.1) is 11.8 Å². The van der Waals surface area contributed by atoms with E-state index in [2.05, 4.69) is 5.32 Å².